The molecule has 1 heterocycles. The maximum atomic E-state index is 5.87. The lowest BCUT2D eigenvalue weighted by Crippen LogP contribution is -2.24. The molecule has 1 aromatic carbocycles. The molecule has 0 spiro atoms. The van der Waals surface area contributed by atoms with E-state index >= 15 is 0 Å². The van der Waals surface area contributed by atoms with Gasteiger partial charge in [0, 0.05) is 12.3 Å². The second kappa shape index (κ2) is 8.03. The molecule has 2 nitrogen and oxygen atoms in total. The van der Waals surface area contributed by atoms with Crippen molar-refractivity contribution in [2.24, 2.45) is 0 Å². The average molecular weight is 386 g/mol. The van der Waals surface area contributed by atoms with Crippen molar-refractivity contribution in [1.29, 1.82) is 0 Å². The molecule has 1 fully saturated rings. The van der Waals surface area contributed by atoms with E-state index in [0.717, 1.165) is 31.6 Å². The molecule has 1 aliphatic rings. The Bertz CT molecular complexity index is 429. The van der Waals surface area contributed by atoms with E-state index in [1.54, 1.807) is 0 Å². The number of rotatable bonds is 5. The summed E-state index contributed by atoms with van der Waals surface area (Å²) in [4.78, 5) is 0. The van der Waals surface area contributed by atoms with Gasteiger partial charge in [-0.1, -0.05) is 25.1 Å². The van der Waals surface area contributed by atoms with E-state index in [1.807, 2.05) is 0 Å². The van der Waals surface area contributed by atoms with Gasteiger partial charge in [-0.25, -0.2) is 0 Å². The van der Waals surface area contributed by atoms with E-state index in [2.05, 4.69) is 66.8 Å². The Morgan fingerprint density at radius 2 is 2.15 bits per heavy atom. The van der Waals surface area contributed by atoms with E-state index in [0.29, 0.717) is 5.92 Å². The Hall–Kier alpha value is -0.550. The zero-order valence-electron chi connectivity index (χ0n) is 12.3. The molecule has 3 heteroatoms. The van der Waals surface area contributed by atoms with Crippen LogP contribution in [0.2, 0.25) is 0 Å². The van der Waals surface area contributed by atoms with Crippen LogP contribution in [0.25, 0.3) is 0 Å². The van der Waals surface area contributed by atoms with Crippen LogP contribution >= 0.6 is 22.6 Å². The van der Waals surface area contributed by atoms with Gasteiger partial charge >= 0.3 is 0 Å². The molecule has 0 radical (unpaired) electrons. The number of allylic oxidation sites excluding steroid dienone is 2. The summed E-state index contributed by atoms with van der Waals surface area (Å²) in [7, 11) is 0. The van der Waals surface area contributed by atoms with Crippen LogP contribution in [0.4, 0.5) is 0 Å². The monoisotopic (exact) mass is 386 g/mol. The molecule has 0 aromatic heterocycles. The number of ether oxygens (including phenoxy) is 2. The van der Waals surface area contributed by atoms with Crippen LogP contribution in [0.3, 0.4) is 0 Å². The first-order valence-electron chi connectivity index (χ1n) is 7.41. The van der Waals surface area contributed by atoms with Gasteiger partial charge in [0.25, 0.3) is 0 Å². The lowest BCUT2D eigenvalue weighted by atomic mass is 9.96. The zero-order valence-corrected chi connectivity index (χ0v) is 14.4. The highest BCUT2D eigenvalue weighted by Crippen LogP contribution is 2.27. The van der Waals surface area contributed by atoms with Gasteiger partial charge in [0.05, 0.1) is 6.61 Å². The molecule has 0 aliphatic carbocycles. The Balaban J connectivity index is 1.99. The molecule has 1 aliphatic heterocycles. The normalized spacial score (nSPS) is 21.6. The number of benzene rings is 1. The standard InChI is InChI=1S/C17H23IO2/c1-3-14(12-13(2)18)15-7-9-16(10-8-15)20-17-6-4-5-11-19-17/h7-10,12,14,17H,3-6,11H2,1-2H3/b13-12+/t14-,17?/m1/s1. The molecule has 0 bridgehead atoms. The van der Waals surface area contributed by atoms with Gasteiger partial charge in [0.15, 0.2) is 6.29 Å². The van der Waals surface area contributed by atoms with Crippen LogP contribution in [0, 0.1) is 0 Å². The topological polar surface area (TPSA) is 18.5 Å². The maximum absolute atomic E-state index is 5.87. The molecular weight excluding hydrogens is 363 g/mol. The van der Waals surface area contributed by atoms with E-state index in [9.17, 15) is 0 Å². The van der Waals surface area contributed by atoms with Crippen LogP contribution in [-0.2, 0) is 4.74 Å². The molecule has 0 N–H and O–H groups in total. The predicted molar refractivity (Wildman–Crippen MR) is 91.5 cm³/mol. The van der Waals surface area contributed by atoms with Crippen LogP contribution in [-0.4, -0.2) is 12.9 Å². The van der Waals surface area contributed by atoms with Crippen LogP contribution in [0.15, 0.2) is 33.9 Å². The fourth-order valence-electron chi connectivity index (χ4n) is 2.48. The first kappa shape index (κ1) is 15.8. The summed E-state index contributed by atoms with van der Waals surface area (Å²) in [6.07, 6.45) is 6.72. The summed E-state index contributed by atoms with van der Waals surface area (Å²) >= 11 is 2.37. The van der Waals surface area contributed by atoms with Crippen molar-refractivity contribution in [1.82, 2.24) is 0 Å². The van der Waals surface area contributed by atoms with E-state index in [-0.39, 0.29) is 6.29 Å². The number of hydrogen-bond acceptors (Lipinski definition) is 2. The summed E-state index contributed by atoms with van der Waals surface area (Å²) in [6.45, 7) is 5.18. The highest BCUT2D eigenvalue weighted by Gasteiger charge is 2.15. The summed E-state index contributed by atoms with van der Waals surface area (Å²) in [6, 6.07) is 8.46. The summed E-state index contributed by atoms with van der Waals surface area (Å²) in [5.41, 5.74) is 1.35. The van der Waals surface area contributed by atoms with Gasteiger partial charge in [-0.15, -0.1) is 0 Å². The van der Waals surface area contributed by atoms with Gasteiger partial charge < -0.3 is 9.47 Å². The third-order valence-electron chi connectivity index (χ3n) is 3.58. The first-order valence-corrected chi connectivity index (χ1v) is 8.49. The quantitative estimate of drug-likeness (QED) is 0.629. The molecule has 2 rings (SSSR count). The second-order valence-corrected chi connectivity index (χ2v) is 6.95. The third kappa shape index (κ3) is 4.77. The Labute approximate surface area is 135 Å². The Morgan fingerprint density at radius 3 is 2.70 bits per heavy atom. The minimum Gasteiger partial charge on any atom is -0.465 e. The van der Waals surface area contributed by atoms with E-state index in [1.165, 1.54) is 15.6 Å². The Kier molecular flexibility index (Phi) is 6.36. The van der Waals surface area contributed by atoms with Crippen molar-refractivity contribution in [2.45, 2.75) is 51.7 Å². The summed E-state index contributed by atoms with van der Waals surface area (Å²) in [5.74, 6) is 1.40. The van der Waals surface area contributed by atoms with Crippen molar-refractivity contribution in [3.8, 4) is 5.75 Å². The van der Waals surface area contributed by atoms with Gasteiger partial charge in [0.1, 0.15) is 5.75 Å². The molecule has 20 heavy (non-hydrogen) atoms. The molecule has 2 atom stereocenters. The van der Waals surface area contributed by atoms with Gasteiger partial charge in [0.2, 0.25) is 0 Å². The minimum absolute atomic E-state index is 0.0620. The molecular formula is C17H23IO2. The fourth-order valence-corrected chi connectivity index (χ4v) is 2.91. The maximum Gasteiger partial charge on any atom is 0.199 e. The molecule has 0 saturated carbocycles. The van der Waals surface area contributed by atoms with Crippen LogP contribution < -0.4 is 4.74 Å². The smallest absolute Gasteiger partial charge is 0.199 e. The largest absolute Gasteiger partial charge is 0.465 e. The zero-order chi connectivity index (χ0) is 14.4. The van der Waals surface area contributed by atoms with E-state index < -0.39 is 0 Å². The minimum atomic E-state index is -0.0620. The lowest BCUT2D eigenvalue weighted by Gasteiger charge is -2.23. The van der Waals surface area contributed by atoms with E-state index in [4.69, 9.17) is 9.47 Å². The molecule has 1 unspecified atom stereocenters. The fraction of sp³-hybridized carbons (Fsp3) is 0.529. The van der Waals surface area contributed by atoms with Crippen molar-refractivity contribution >= 4 is 22.6 Å². The van der Waals surface area contributed by atoms with Crippen molar-refractivity contribution in [3.05, 3.63) is 39.5 Å². The predicted octanol–water partition coefficient (Wildman–Crippen LogP) is 5.42. The number of hydrogen-bond donors (Lipinski definition) is 0. The molecule has 110 valence electrons. The first-order chi connectivity index (χ1) is 9.69. The second-order valence-electron chi connectivity index (χ2n) is 5.25. The van der Waals surface area contributed by atoms with Gasteiger partial charge in [-0.3, -0.25) is 0 Å². The van der Waals surface area contributed by atoms with Crippen LogP contribution in [0.5, 0.6) is 5.75 Å². The Morgan fingerprint density at radius 1 is 1.40 bits per heavy atom. The average Bonchev–Trinajstić information content (AvgIpc) is 2.46. The highest BCUT2D eigenvalue weighted by atomic mass is 127. The molecule has 1 aromatic rings. The van der Waals surface area contributed by atoms with Crippen molar-refractivity contribution < 1.29 is 9.47 Å². The summed E-state index contributed by atoms with van der Waals surface area (Å²) in [5, 5.41) is 0. The van der Waals surface area contributed by atoms with Gasteiger partial charge in [-0.2, -0.15) is 0 Å². The number of halogens is 1. The van der Waals surface area contributed by atoms with Gasteiger partial charge in [-0.05, 0) is 70.1 Å². The lowest BCUT2D eigenvalue weighted by molar-refractivity contribution is -0.105. The van der Waals surface area contributed by atoms with Crippen LogP contribution in [0.1, 0.15) is 51.0 Å². The summed E-state index contributed by atoms with van der Waals surface area (Å²) < 4.78 is 12.8. The third-order valence-corrected chi connectivity index (χ3v) is 3.94. The SMILES string of the molecule is CC[C@H](/C=C(\C)I)c1ccc(OC2CCCCO2)cc1. The molecule has 1 saturated heterocycles. The highest BCUT2D eigenvalue weighted by molar-refractivity contribution is 14.1. The van der Waals surface area contributed by atoms with Crippen molar-refractivity contribution in [3.63, 3.8) is 0 Å². The molecule has 0 amide bonds. The van der Waals surface area contributed by atoms with Crippen molar-refractivity contribution in [2.75, 3.05) is 6.61 Å².